The predicted octanol–water partition coefficient (Wildman–Crippen LogP) is 3.85. The van der Waals surface area contributed by atoms with Gasteiger partial charge >= 0.3 is 0 Å². The molecule has 4 heterocycles. The molecule has 1 fully saturated rings. The number of nitrogens with one attached hydrogen (secondary N) is 1. The Labute approximate surface area is 158 Å². The summed E-state index contributed by atoms with van der Waals surface area (Å²) in [5, 5.41) is 10.1. The average Bonchev–Trinajstić information content (AvgIpc) is 3.13. The van der Waals surface area contributed by atoms with Crippen LogP contribution in [-0.4, -0.2) is 39.4 Å². The summed E-state index contributed by atoms with van der Waals surface area (Å²) in [4.78, 5) is 18.2. The Morgan fingerprint density at radius 2 is 2.04 bits per heavy atom. The number of aliphatic imine (C=N–C) groups is 1. The number of imidazole rings is 1. The summed E-state index contributed by atoms with van der Waals surface area (Å²) in [6.07, 6.45) is 7.67. The second-order valence-electron chi connectivity index (χ2n) is 6.20. The van der Waals surface area contributed by atoms with E-state index >= 15 is 0 Å². The van der Waals surface area contributed by atoms with Crippen LogP contribution < -0.4 is 4.90 Å². The summed E-state index contributed by atoms with van der Waals surface area (Å²) in [6, 6.07) is 3.86. The monoisotopic (exact) mass is 381 g/mol. The third kappa shape index (κ3) is 3.80. The lowest BCUT2D eigenvalue weighted by molar-refractivity contribution is 0.432. The van der Waals surface area contributed by atoms with Crippen molar-refractivity contribution >= 4 is 54.4 Å². The van der Waals surface area contributed by atoms with Gasteiger partial charge in [-0.3, -0.25) is 0 Å². The molecule has 134 valence electrons. The van der Waals surface area contributed by atoms with E-state index < -0.39 is 0 Å². The SMILES string of the molecule is CC1CCN(c2nc(O)c(C=C3C=Nc4ncccc43)[nH]2)CC1.Cl.Cl. The van der Waals surface area contributed by atoms with E-state index in [1.54, 1.807) is 12.4 Å². The molecule has 0 aromatic carbocycles. The number of nitrogens with zero attached hydrogens (tertiary/aromatic N) is 4. The van der Waals surface area contributed by atoms with Crippen molar-refractivity contribution in [1.82, 2.24) is 15.0 Å². The van der Waals surface area contributed by atoms with E-state index in [0.29, 0.717) is 11.5 Å². The molecule has 0 radical (unpaired) electrons. The lowest BCUT2D eigenvalue weighted by Crippen LogP contribution is -2.33. The number of hydrogen-bond donors (Lipinski definition) is 2. The van der Waals surface area contributed by atoms with E-state index in [1.807, 2.05) is 18.2 Å². The molecule has 1 saturated heterocycles. The first-order valence-corrected chi connectivity index (χ1v) is 7.96. The van der Waals surface area contributed by atoms with Gasteiger partial charge < -0.3 is 15.0 Å². The number of pyridine rings is 1. The molecule has 0 spiro atoms. The summed E-state index contributed by atoms with van der Waals surface area (Å²) in [5.41, 5.74) is 2.50. The van der Waals surface area contributed by atoms with Crippen molar-refractivity contribution in [3.63, 3.8) is 0 Å². The lowest BCUT2D eigenvalue weighted by atomic mass is 10.00. The van der Waals surface area contributed by atoms with Crippen LogP contribution in [0.25, 0.3) is 11.6 Å². The van der Waals surface area contributed by atoms with Gasteiger partial charge in [-0.15, -0.1) is 24.8 Å². The molecule has 2 aliphatic rings. The number of H-pyrrole nitrogens is 1. The maximum atomic E-state index is 10.1. The number of hydrogen-bond acceptors (Lipinski definition) is 5. The zero-order valence-electron chi connectivity index (χ0n) is 13.8. The summed E-state index contributed by atoms with van der Waals surface area (Å²) in [5.74, 6) is 2.23. The molecule has 2 N–H and O–H groups in total. The van der Waals surface area contributed by atoms with Crippen molar-refractivity contribution < 1.29 is 5.11 Å². The molecule has 0 bridgehead atoms. The first kappa shape index (κ1) is 19.3. The Morgan fingerprint density at radius 3 is 2.80 bits per heavy atom. The Balaban J connectivity index is 0.00000113. The van der Waals surface area contributed by atoms with Gasteiger partial charge in [-0.2, -0.15) is 4.98 Å². The summed E-state index contributed by atoms with van der Waals surface area (Å²) in [6.45, 7) is 4.22. The largest absolute Gasteiger partial charge is 0.492 e. The maximum Gasteiger partial charge on any atom is 0.238 e. The normalized spacial score (nSPS) is 18.0. The third-order valence-electron chi connectivity index (χ3n) is 4.51. The second-order valence-corrected chi connectivity index (χ2v) is 6.20. The highest BCUT2D eigenvalue weighted by molar-refractivity contribution is 6.20. The van der Waals surface area contributed by atoms with Crippen LogP contribution in [0.1, 0.15) is 31.0 Å². The minimum absolute atomic E-state index is 0. The van der Waals surface area contributed by atoms with Gasteiger partial charge in [-0.1, -0.05) is 6.92 Å². The van der Waals surface area contributed by atoms with Crippen molar-refractivity contribution in [3.05, 3.63) is 29.6 Å². The Kier molecular flexibility index (Phi) is 6.08. The molecule has 0 aliphatic carbocycles. The maximum absolute atomic E-state index is 10.1. The molecule has 0 amide bonds. The van der Waals surface area contributed by atoms with Crippen molar-refractivity contribution in [2.24, 2.45) is 10.9 Å². The van der Waals surface area contributed by atoms with E-state index in [0.717, 1.165) is 48.9 Å². The fraction of sp³-hybridized carbons (Fsp3) is 0.353. The van der Waals surface area contributed by atoms with E-state index in [4.69, 9.17) is 0 Å². The Morgan fingerprint density at radius 1 is 1.28 bits per heavy atom. The summed E-state index contributed by atoms with van der Waals surface area (Å²) < 4.78 is 0. The highest BCUT2D eigenvalue weighted by Gasteiger charge is 2.20. The summed E-state index contributed by atoms with van der Waals surface area (Å²) in [7, 11) is 0. The second kappa shape index (κ2) is 7.89. The fourth-order valence-corrected chi connectivity index (χ4v) is 3.03. The molecule has 0 unspecified atom stereocenters. The van der Waals surface area contributed by atoms with Gasteiger partial charge in [-0.25, -0.2) is 9.98 Å². The molecule has 4 rings (SSSR count). The number of anilines is 1. The molecule has 8 heteroatoms. The van der Waals surface area contributed by atoms with Gasteiger partial charge in [0.25, 0.3) is 0 Å². The minimum Gasteiger partial charge on any atom is -0.492 e. The summed E-state index contributed by atoms with van der Waals surface area (Å²) >= 11 is 0. The highest BCUT2D eigenvalue weighted by atomic mass is 35.5. The zero-order valence-corrected chi connectivity index (χ0v) is 15.5. The van der Waals surface area contributed by atoms with Gasteiger partial charge in [0.05, 0.1) is 0 Å². The molecular formula is C17H21Cl2N5O. The standard InChI is InChI=1S/C17H19N5O.2ClH/c1-11-4-7-22(8-5-11)17-20-14(16(23)21-17)9-12-10-19-15-13(12)3-2-6-18-15;;/h2-3,6,9-11,23H,4-5,7-8H2,1H3,(H,20,21);2*1H. The van der Waals surface area contributed by atoms with E-state index in [2.05, 4.69) is 31.8 Å². The molecule has 6 nitrogen and oxygen atoms in total. The van der Waals surface area contributed by atoms with Crippen LogP contribution in [-0.2, 0) is 0 Å². The fourth-order valence-electron chi connectivity index (χ4n) is 3.03. The predicted molar refractivity (Wildman–Crippen MR) is 106 cm³/mol. The number of allylic oxidation sites excluding steroid dienone is 1. The first-order valence-electron chi connectivity index (χ1n) is 7.96. The van der Waals surface area contributed by atoms with Crippen LogP contribution >= 0.6 is 24.8 Å². The number of aromatic amines is 1. The average molecular weight is 382 g/mol. The Hall–Kier alpha value is -2.05. The molecular weight excluding hydrogens is 361 g/mol. The minimum atomic E-state index is 0. The first-order chi connectivity index (χ1) is 11.2. The van der Waals surface area contributed by atoms with Crippen LogP contribution in [0.3, 0.4) is 0 Å². The zero-order chi connectivity index (χ0) is 15.8. The van der Waals surface area contributed by atoms with Gasteiger partial charge in [0.15, 0.2) is 5.82 Å². The molecule has 0 saturated carbocycles. The van der Waals surface area contributed by atoms with Gasteiger partial charge in [-0.05, 0) is 37.0 Å². The molecule has 2 aliphatic heterocycles. The smallest absolute Gasteiger partial charge is 0.238 e. The lowest BCUT2D eigenvalue weighted by Gasteiger charge is -2.29. The number of aromatic hydroxyl groups is 1. The molecule has 2 aromatic rings. The van der Waals surface area contributed by atoms with E-state index in [9.17, 15) is 5.11 Å². The van der Waals surface area contributed by atoms with Gasteiger partial charge in [0.1, 0.15) is 5.69 Å². The quantitative estimate of drug-likeness (QED) is 0.827. The van der Waals surface area contributed by atoms with Gasteiger partial charge in [0.2, 0.25) is 11.8 Å². The van der Waals surface area contributed by atoms with Crippen LogP contribution in [0, 0.1) is 5.92 Å². The molecule has 0 atom stereocenters. The van der Waals surface area contributed by atoms with Crippen molar-refractivity contribution in [3.8, 4) is 5.88 Å². The number of aromatic nitrogens is 3. The Bertz CT molecular complexity index is 794. The van der Waals surface area contributed by atoms with Crippen LogP contribution in [0.5, 0.6) is 5.88 Å². The van der Waals surface area contributed by atoms with Crippen molar-refractivity contribution in [2.75, 3.05) is 18.0 Å². The number of piperidine rings is 1. The van der Waals surface area contributed by atoms with Crippen LogP contribution in [0.4, 0.5) is 11.8 Å². The topological polar surface area (TPSA) is 77.4 Å². The van der Waals surface area contributed by atoms with E-state index in [1.165, 1.54) is 0 Å². The van der Waals surface area contributed by atoms with Crippen molar-refractivity contribution in [1.29, 1.82) is 0 Å². The number of fused-ring (bicyclic) bond motifs is 1. The van der Waals surface area contributed by atoms with Crippen LogP contribution in [0.15, 0.2) is 23.3 Å². The molecule has 2 aromatic heterocycles. The third-order valence-corrected chi connectivity index (χ3v) is 4.51. The van der Waals surface area contributed by atoms with Crippen LogP contribution in [0.2, 0.25) is 0 Å². The highest BCUT2D eigenvalue weighted by Crippen LogP contribution is 2.32. The van der Waals surface area contributed by atoms with E-state index in [-0.39, 0.29) is 30.7 Å². The molecule has 25 heavy (non-hydrogen) atoms. The number of rotatable bonds is 2. The number of halogens is 2. The van der Waals surface area contributed by atoms with Gasteiger partial charge in [0, 0.05) is 36.6 Å². The van der Waals surface area contributed by atoms with Crippen molar-refractivity contribution in [2.45, 2.75) is 19.8 Å².